The molecule has 1 saturated heterocycles. The minimum atomic E-state index is -1.12. The van der Waals surface area contributed by atoms with Gasteiger partial charge in [-0.25, -0.2) is 9.36 Å². The van der Waals surface area contributed by atoms with E-state index in [0.717, 1.165) is 4.57 Å². The number of aromatic nitrogens is 4. The number of H-pyrrole nitrogens is 1. The maximum Gasteiger partial charge on any atom is 0.333 e. The van der Waals surface area contributed by atoms with Gasteiger partial charge in [0.05, 0.1) is 29.3 Å². The highest BCUT2D eigenvalue weighted by atomic mass is 35.5. The van der Waals surface area contributed by atoms with E-state index in [1.165, 1.54) is 4.57 Å². The highest BCUT2D eigenvalue weighted by Gasteiger charge is 2.38. The number of hydrogen-bond donors (Lipinski definition) is 4. The quantitative estimate of drug-likeness (QED) is 0.459. The van der Waals surface area contributed by atoms with E-state index in [1.807, 2.05) is 0 Å². The molecule has 3 heterocycles. The molecule has 1 fully saturated rings. The Balaban J connectivity index is 1.91. The van der Waals surface area contributed by atoms with Crippen LogP contribution in [0.1, 0.15) is 18.2 Å². The van der Waals surface area contributed by atoms with Gasteiger partial charge in [-0.05, 0) is 17.7 Å². The number of nitrogens with one attached hydrogen (secondary N) is 1. The van der Waals surface area contributed by atoms with Gasteiger partial charge in [-0.1, -0.05) is 29.3 Å². The van der Waals surface area contributed by atoms with Crippen LogP contribution >= 0.6 is 23.2 Å². The van der Waals surface area contributed by atoms with Gasteiger partial charge in [-0.15, -0.1) is 0 Å². The number of benzene rings is 1. The number of fused-ring (bicyclic) bond motifs is 1. The summed E-state index contributed by atoms with van der Waals surface area (Å²) >= 11 is 12.0. The zero-order valence-corrected chi connectivity index (χ0v) is 16.4. The molecular formula is C17H17Cl2N5O5. The number of halogens is 2. The summed E-state index contributed by atoms with van der Waals surface area (Å²) in [5.74, 6) is -0.186. The lowest BCUT2D eigenvalue weighted by atomic mass is 10.2. The van der Waals surface area contributed by atoms with Crippen LogP contribution in [0.15, 0.2) is 27.8 Å². The molecule has 1 aliphatic heterocycles. The Morgan fingerprint density at radius 2 is 2.07 bits per heavy atom. The van der Waals surface area contributed by atoms with Gasteiger partial charge in [0.1, 0.15) is 6.10 Å². The number of imidazole rings is 1. The Kier molecular flexibility index (Phi) is 5.13. The lowest BCUT2D eigenvalue weighted by molar-refractivity contribution is -0.0505. The van der Waals surface area contributed by atoms with Crippen LogP contribution < -0.4 is 17.0 Å². The van der Waals surface area contributed by atoms with Gasteiger partial charge in [0.2, 0.25) is 5.95 Å². The number of nitrogens with zero attached hydrogens (tertiary/aromatic N) is 3. The molecule has 0 amide bonds. The van der Waals surface area contributed by atoms with Gasteiger partial charge in [0.25, 0.3) is 5.56 Å². The molecule has 5 N–H and O–H groups in total. The first-order valence-electron chi connectivity index (χ1n) is 8.69. The molecule has 0 spiro atoms. The second kappa shape index (κ2) is 7.47. The summed E-state index contributed by atoms with van der Waals surface area (Å²) < 4.78 is 7.87. The summed E-state index contributed by atoms with van der Waals surface area (Å²) in [6, 6.07) is 4.84. The van der Waals surface area contributed by atoms with Crippen LogP contribution in [-0.4, -0.2) is 48.1 Å². The fraction of sp³-hybridized carbons (Fsp3) is 0.353. The van der Waals surface area contributed by atoms with Gasteiger partial charge >= 0.3 is 5.69 Å². The second-order valence-corrected chi connectivity index (χ2v) is 7.56. The first-order chi connectivity index (χ1) is 13.8. The topological polar surface area (TPSA) is 148 Å². The number of hydrogen-bond acceptors (Lipinski definition) is 7. The summed E-state index contributed by atoms with van der Waals surface area (Å²) in [7, 11) is 0. The van der Waals surface area contributed by atoms with E-state index in [4.69, 9.17) is 33.7 Å². The van der Waals surface area contributed by atoms with E-state index in [-0.39, 0.29) is 36.7 Å². The van der Waals surface area contributed by atoms with Crippen LogP contribution in [0.5, 0.6) is 0 Å². The van der Waals surface area contributed by atoms with Gasteiger partial charge < -0.3 is 20.7 Å². The van der Waals surface area contributed by atoms with E-state index in [0.29, 0.717) is 15.6 Å². The second-order valence-electron chi connectivity index (χ2n) is 6.74. The minimum Gasteiger partial charge on any atom is -0.394 e. The molecule has 154 valence electrons. The van der Waals surface area contributed by atoms with Crippen molar-refractivity contribution in [3.63, 3.8) is 0 Å². The van der Waals surface area contributed by atoms with Crippen molar-refractivity contribution in [3.05, 3.63) is 54.6 Å². The van der Waals surface area contributed by atoms with Crippen molar-refractivity contribution in [2.45, 2.75) is 31.4 Å². The molecule has 1 aliphatic rings. The van der Waals surface area contributed by atoms with E-state index in [9.17, 15) is 19.8 Å². The third-order valence-corrected chi connectivity index (χ3v) is 5.52. The van der Waals surface area contributed by atoms with Crippen LogP contribution in [0.2, 0.25) is 10.0 Å². The number of ether oxygens (including phenoxy) is 1. The average Bonchev–Trinajstić information content (AvgIpc) is 3.15. The van der Waals surface area contributed by atoms with E-state index in [2.05, 4.69) is 9.97 Å². The van der Waals surface area contributed by atoms with Gasteiger partial charge in [0, 0.05) is 6.42 Å². The fourth-order valence-electron chi connectivity index (χ4n) is 3.48. The largest absolute Gasteiger partial charge is 0.394 e. The van der Waals surface area contributed by atoms with Crippen LogP contribution in [0.4, 0.5) is 5.95 Å². The number of aliphatic hydroxyl groups excluding tert-OH is 2. The molecule has 3 atom stereocenters. The molecule has 0 aliphatic carbocycles. The van der Waals surface area contributed by atoms with E-state index in [1.54, 1.807) is 18.2 Å². The lowest BCUT2D eigenvalue weighted by Crippen LogP contribution is -2.32. The smallest absolute Gasteiger partial charge is 0.333 e. The van der Waals surface area contributed by atoms with Gasteiger partial charge in [0.15, 0.2) is 17.4 Å². The molecular weight excluding hydrogens is 425 g/mol. The molecule has 12 heteroatoms. The summed E-state index contributed by atoms with van der Waals surface area (Å²) in [6.45, 7) is -0.319. The SMILES string of the molecule is Nc1nc2c(c(=O)[nH]1)n(Cc1ccc(Cl)c(Cl)c1)c(=O)n2[C@@H]1O[C@H](CO)C[C@H]1O. The van der Waals surface area contributed by atoms with Crippen molar-refractivity contribution in [2.75, 3.05) is 12.3 Å². The monoisotopic (exact) mass is 441 g/mol. The van der Waals surface area contributed by atoms with Crippen molar-refractivity contribution < 1.29 is 14.9 Å². The van der Waals surface area contributed by atoms with Crippen molar-refractivity contribution >= 4 is 40.3 Å². The van der Waals surface area contributed by atoms with Crippen molar-refractivity contribution in [3.8, 4) is 0 Å². The highest BCUT2D eigenvalue weighted by Crippen LogP contribution is 2.30. The molecule has 3 aromatic rings. The Bertz CT molecular complexity index is 1200. The number of rotatable bonds is 4. The number of nitrogens with two attached hydrogens (primary N) is 1. The molecule has 1 aromatic carbocycles. The molecule has 10 nitrogen and oxygen atoms in total. The van der Waals surface area contributed by atoms with E-state index >= 15 is 0 Å². The standard InChI is InChI=1S/C17H17Cl2N5O5/c18-9-2-1-7(3-10(9)19)5-23-12-13(21-16(20)22-14(12)27)24(17(23)28)15-11(26)4-8(6-25)29-15/h1-3,8,11,15,25-26H,4-6H2,(H3,20,21,22,27)/t8-,11+,15+/m0/s1. The molecule has 29 heavy (non-hydrogen) atoms. The summed E-state index contributed by atoms with van der Waals surface area (Å²) in [6.07, 6.45) is -2.71. The number of anilines is 1. The predicted molar refractivity (Wildman–Crippen MR) is 106 cm³/mol. The highest BCUT2D eigenvalue weighted by molar-refractivity contribution is 6.42. The van der Waals surface area contributed by atoms with Crippen LogP contribution in [-0.2, 0) is 11.3 Å². The van der Waals surface area contributed by atoms with Crippen molar-refractivity contribution in [2.24, 2.45) is 0 Å². The first kappa shape index (κ1) is 19.9. The van der Waals surface area contributed by atoms with Gasteiger partial charge in [-0.3, -0.25) is 14.3 Å². The average molecular weight is 442 g/mol. The number of nitrogen functional groups attached to an aromatic ring is 1. The van der Waals surface area contributed by atoms with Crippen molar-refractivity contribution in [1.29, 1.82) is 0 Å². The molecule has 4 rings (SSSR count). The molecule has 2 aromatic heterocycles. The third kappa shape index (κ3) is 3.43. The zero-order valence-electron chi connectivity index (χ0n) is 14.9. The first-order valence-corrected chi connectivity index (χ1v) is 9.44. The predicted octanol–water partition coefficient (Wildman–Crippen LogP) is 0.464. The Labute approximate surface area is 173 Å². The lowest BCUT2D eigenvalue weighted by Gasteiger charge is -2.15. The molecule has 0 unspecified atom stereocenters. The Morgan fingerprint density at radius 3 is 2.72 bits per heavy atom. The third-order valence-electron chi connectivity index (χ3n) is 4.78. The Morgan fingerprint density at radius 1 is 1.31 bits per heavy atom. The number of aliphatic hydroxyl groups is 2. The van der Waals surface area contributed by atoms with Crippen molar-refractivity contribution in [1.82, 2.24) is 19.1 Å². The maximum atomic E-state index is 13.2. The molecule has 0 radical (unpaired) electrons. The molecule has 0 saturated carbocycles. The molecule has 0 bridgehead atoms. The van der Waals surface area contributed by atoms with Crippen LogP contribution in [0.3, 0.4) is 0 Å². The summed E-state index contributed by atoms with van der Waals surface area (Å²) in [5.41, 5.74) is 4.98. The Hall–Kier alpha value is -2.37. The number of aromatic amines is 1. The van der Waals surface area contributed by atoms with Crippen LogP contribution in [0, 0.1) is 0 Å². The maximum absolute atomic E-state index is 13.2. The zero-order chi connectivity index (χ0) is 20.9. The minimum absolute atomic E-state index is 0.000143. The van der Waals surface area contributed by atoms with Gasteiger partial charge in [-0.2, -0.15) is 4.98 Å². The summed E-state index contributed by atoms with van der Waals surface area (Å²) in [4.78, 5) is 32.2. The van der Waals surface area contributed by atoms with E-state index < -0.39 is 29.7 Å². The normalized spacial score (nSPS) is 21.9. The van der Waals surface area contributed by atoms with Crippen LogP contribution in [0.25, 0.3) is 11.2 Å². The fourth-order valence-corrected chi connectivity index (χ4v) is 3.80. The summed E-state index contributed by atoms with van der Waals surface area (Å²) in [5, 5.41) is 20.3.